The summed E-state index contributed by atoms with van der Waals surface area (Å²) >= 11 is 0. The molecule has 0 unspecified atom stereocenters. The lowest BCUT2D eigenvalue weighted by atomic mass is 9.78. The monoisotopic (exact) mass is 346 g/mol. The van der Waals surface area contributed by atoms with Gasteiger partial charge in [0.1, 0.15) is 0 Å². The lowest BCUT2D eigenvalue weighted by Gasteiger charge is -2.28. The van der Waals surface area contributed by atoms with Gasteiger partial charge < -0.3 is 0 Å². The molecule has 0 amide bonds. The maximum atomic E-state index is 13.9. The summed E-state index contributed by atoms with van der Waals surface area (Å²) in [4.78, 5) is 0. The van der Waals surface area contributed by atoms with E-state index in [-0.39, 0.29) is 17.2 Å². The van der Waals surface area contributed by atoms with Gasteiger partial charge in [0.15, 0.2) is 11.6 Å². The average molecular weight is 346 g/mol. The fourth-order valence-corrected chi connectivity index (χ4v) is 3.86. The third-order valence-corrected chi connectivity index (χ3v) is 5.38. The fourth-order valence-electron chi connectivity index (χ4n) is 3.86. The minimum atomic E-state index is -1.49. The van der Waals surface area contributed by atoms with Gasteiger partial charge in [0, 0.05) is 0 Å². The van der Waals surface area contributed by atoms with E-state index < -0.39 is 29.8 Å². The minimum absolute atomic E-state index is 0.0709. The Morgan fingerprint density at radius 2 is 1.60 bits per heavy atom. The molecule has 1 aliphatic rings. The molecule has 25 heavy (non-hydrogen) atoms. The highest BCUT2D eigenvalue weighted by atomic mass is 19.2. The summed E-state index contributed by atoms with van der Waals surface area (Å²) in [5.74, 6) is -1.33. The topological polar surface area (TPSA) is 0 Å². The summed E-state index contributed by atoms with van der Waals surface area (Å²) < 4.78 is 59.1. The summed E-state index contributed by atoms with van der Waals surface area (Å²) in [5.41, 5.74) is 0.997. The lowest BCUT2D eigenvalue weighted by Crippen LogP contribution is -2.15. The van der Waals surface area contributed by atoms with E-state index >= 15 is 0 Å². The largest absolute Gasteiger partial charge is 0.204 e. The van der Waals surface area contributed by atoms with Crippen LogP contribution in [0.3, 0.4) is 0 Å². The Morgan fingerprint density at radius 1 is 0.880 bits per heavy atom. The van der Waals surface area contributed by atoms with Gasteiger partial charge in [0.05, 0.1) is 5.48 Å². The van der Waals surface area contributed by atoms with Crippen molar-refractivity contribution < 1.29 is 14.3 Å². The van der Waals surface area contributed by atoms with Gasteiger partial charge in [-0.3, -0.25) is 0 Å². The Bertz CT molecular complexity index is 845. The quantitative estimate of drug-likeness (QED) is 0.520. The van der Waals surface area contributed by atoms with E-state index in [0.717, 1.165) is 24.3 Å². The van der Waals surface area contributed by atoms with Crippen LogP contribution in [0.15, 0.2) is 42.4 Å². The van der Waals surface area contributed by atoms with Crippen LogP contribution in [0, 0.1) is 23.5 Å². The molecule has 3 rings (SSSR count). The SMILES string of the molecule is [2H]c1cc(CCC2CCC(CCC)CC2)ccc1-c1c([2H])c([2H])c(F)c(F)c1[2H]. The average Bonchev–Trinajstić information content (AvgIpc) is 2.72. The maximum Gasteiger partial charge on any atom is 0.159 e. The van der Waals surface area contributed by atoms with Gasteiger partial charge in [-0.05, 0) is 53.5 Å². The van der Waals surface area contributed by atoms with Crippen LogP contribution in [0.5, 0.6) is 0 Å². The Hall–Kier alpha value is -1.70. The van der Waals surface area contributed by atoms with Gasteiger partial charge in [0.2, 0.25) is 0 Å². The van der Waals surface area contributed by atoms with E-state index in [1.54, 1.807) is 12.1 Å². The van der Waals surface area contributed by atoms with Crippen molar-refractivity contribution in [3.05, 3.63) is 59.6 Å². The minimum Gasteiger partial charge on any atom is -0.204 e. The van der Waals surface area contributed by atoms with Gasteiger partial charge in [0.25, 0.3) is 0 Å². The van der Waals surface area contributed by atoms with Crippen molar-refractivity contribution in [1.29, 1.82) is 0 Å². The van der Waals surface area contributed by atoms with Crippen molar-refractivity contribution in [2.75, 3.05) is 0 Å². The van der Waals surface area contributed by atoms with Gasteiger partial charge in [-0.1, -0.05) is 75.7 Å². The molecule has 1 aliphatic carbocycles. The van der Waals surface area contributed by atoms with E-state index in [1.807, 2.05) is 6.07 Å². The first-order chi connectivity index (χ1) is 13.8. The van der Waals surface area contributed by atoms with E-state index in [4.69, 9.17) is 5.48 Å². The van der Waals surface area contributed by atoms with Crippen LogP contribution in [0.4, 0.5) is 8.78 Å². The van der Waals surface area contributed by atoms with Crippen molar-refractivity contribution in [2.45, 2.75) is 58.3 Å². The van der Waals surface area contributed by atoms with Crippen LogP contribution in [-0.4, -0.2) is 0 Å². The van der Waals surface area contributed by atoms with Crippen molar-refractivity contribution in [3.63, 3.8) is 0 Å². The molecule has 1 saturated carbocycles. The van der Waals surface area contributed by atoms with Gasteiger partial charge in [-0.25, -0.2) is 8.78 Å². The molecule has 0 saturated heterocycles. The van der Waals surface area contributed by atoms with Crippen molar-refractivity contribution >= 4 is 0 Å². The molecule has 2 heteroatoms. The van der Waals surface area contributed by atoms with E-state index in [2.05, 4.69) is 6.92 Å². The molecule has 0 aliphatic heterocycles. The molecule has 1 fully saturated rings. The first kappa shape index (κ1) is 13.5. The summed E-state index contributed by atoms with van der Waals surface area (Å²) in [6.07, 6.45) is 9.68. The van der Waals surface area contributed by atoms with Crippen molar-refractivity contribution in [2.24, 2.45) is 11.8 Å². The predicted octanol–water partition coefficient (Wildman–Crippen LogP) is 7.17. The number of rotatable bonds is 6. The zero-order valence-electron chi connectivity index (χ0n) is 18.8. The molecule has 0 nitrogen and oxygen atoms in total. The number of halogens is 2. The molecule has 2 aromatic carbocycles. The third-order valence-electron chi connectivity index (χ3n) is 5.38. The van der Waals surface area contributed by atoms with Crippen LogP contribution in [-0.2, 0) is 6.42 Å². The van der Waals surface area contributed by atoms with E-state index in [0.29, 0.717) is 5.92 Å². The number of hydrogen-bond donors (Lipinski definition) is 0. The fraction of sp³-hybridized carbons (Fsp3) is 0.478. The zero-order chi connectivity index (χ0) is 21.1. The smallest absolute Gasteiger partial charge is 0.159 e. The molecular formula is C23H28F2. The normalized spacial score (nSPS) is 22.8. The summed E-state index contributed by atoms with van der Waals surface area (Å²) in [7, 11) is 0. The summed E-state index contributed by atoms with van der Waals surface area (Å²) in [5, 5.41) is 0. The zero-order valence-corrected chi connectivity index (χ0v) is 14.8. The van der Waals surface area contributed by atoms with E-state index in [1.165, 1.54) is 38.5 Å². The van der Waals surface area contributed by atoms with Gasteiger partial charge in [-0.2, -0.15) is 0 Å². The molecule has 2 aromatic rings. The highest BCUT2D eigenvalue weighted by Crippen LogP contribution is 2.34. The Labute approximate surface area is 155 Å². The number of benzene rings is 2. The second-order valence-corrected chi connectivity index (χ2v) is 7.20. The van der Waals surface area contributed by atoms with Crippen LogP contribution in [0.1, 0.15) is 62.9 Å². The van der Waals surface area contributed by atoms with Crippen molar-refractivity contribution in [1.82, 2.24) is 0 Å². The summed E-state index contributed by atoms with van der Waals surface area (Å²) in [6.45, 7) is 2.24. The first-order valence-electron chi connectivity index (χ1n) is 11.4. The van der Waals surface area contributed by atoms with Gasteiger partial charge >= 0.3 is 0 Å². The summed E-state index contributed by atoms with van der Waals surface area (Å²) in [6, 6.07) is 2.98. The second-order valence-electron chi connectivity index (χ2n) is 7.20. The number of aryl methyl sites for hydroxylation is 1. The molecule has 0 radical (unpaired) electrons. The maximum absolute atomic E-state index is 13.9. The molecular weight excluding hydrogens is 314 g/mol. The van der Waals surface area contributed by atoms with Crippen molar-refractivity contribution in [3.8, 4) is 11.1 Å². The molecule has 0 aromatic heterocycles. The molecule has 0 atom stereocenters. The Balaban J connectivity index is 1.72. The highest BCUT2D eigenvalue weighted by Gasteiger charge is 2.20. The first-order valence-corrected chi connectivity index (χ1v) is 9.38. The molecule has 0 N–H and O–H groups in total. The molecule has 0 heterocycles. The molecule has 0 bridgehead atoms. The molecule has 0 spiro atoms. The number of hydrogen-bond acceptors (Lipinski definition) is 0. The van der Waals surface area contributed by atoms with Crippen LogP contribution in [0.2, 0.25) is 0 Å². The van der Waals surface area contributed by atoms with Gasteiger partial charge in [-0.15, -0.1) is 0 Å². The highest BCUT2D eigenvalue weighted by molar-refractivity contribution is 5.63. The second kappa shape index (κ2) is 8.60. The van der Waals surface area contributed by atoms with Crippen LogP contribution >= 0.6 is 0 Å². The van der Waals surface area contributed by atoms with Crippen LogP contribution in [0.25, 0.3) is 11.1 Å². The lowest BCUT2D eigenvalue weighted by molar-refractivity contribution is 0.252. The molecule has 134 valence electrons. The standard InChI is InChI=1S/C23H28F2/c1-2-3-17-4-6-18(7-5-17)8-9-19-10-12-20(13-11-19)21-14-15-22(24)23(25)16-21/h10-18H,2-9H2,1H3/i12D,14D,15D,16D. The Morgan fingerprint density at radius 3 is 2.28 bits per heavy atom. The Kier molecular flexibility index (Phi) is 4.64. The van der Waals surface area contributed by atoms with Crippen LogP contribution < -0.4 is 0 Å². The predicted molar refractivity (Wildman–Crippen MR) is 100 cm³/mol. The van der Waals surface area contributed by atoms with E-state index in [9.17, 15) is 8.78 Å². The third kappa shape index (κ3) is 4.90.